The smallest absolute Gasteiger partial charge is 0.328 e. The van der Waals surface area contributed by atoms with Crippen LogP contribution in [0.1, 0.15) is 0 Å². The highest BCUT2D eigenvalue weighted by Crippen LogP contribution is 2.39. The van der Waals surface area contributed by atoms with Crippen LogP contribution in [0.2, 0.25) is 9.36 Å². The van der Waals surface area contributed by atoms with Gasteiger partial charge in [-0.15, -0.1) is 11.3 Å². The zero-order valence-corrected chi connectivity index (χ0v) is 10.0. The molecule has 0 bridgehead atoms. The second-order valence-electron chi connectivity index (χ2n) is 2.48. The fourth-order valence-electron chi connectivity index (χ4n) is 0.947. The van der Waals surface area contributed by atoms with Gasteiger partial charge in [-0.05, 0) is 0 Å². The fraction of sp³-hybridized carbons (Fsp3) is 0.143. The van der Waals surface area contributed by atoms with Crippen LogP contribution < -0.4 is 16.0 Å². The van der Waals surface area contributed by atoms with E-state index in [4.69, 9.17) is 34.3 Å². The number of anilines is 1. The topological polar surface area (TPSA) is 82.2 Å². The summed E-state index contributed by atoms with van der Waals surface area (Å²) in [6.45, 7) is 0. The molecule has 0 aliphatic rings. The van der Waals surface area contributed by atoms with Gasteiger partial charge in [-0.25, -0.2) is 9.69 Å². The molecule has 5 nitrogen and oxygen atoms in total. The summed E-state index contributed by atoms with van der Waals surface area (Å²) in [5.41, 5.74) is 5.51. The molecule has 0 aliphatic carbocycles. The SMILES string of the molecule is CNC(=O)N(C(=N)N)c1c(Cl)csc1Cl. The number of nitrogens with one attached hydrogen (secondary N) is 2. The summed E-state index contributed by atoms with van der Waals surface area (Å²) < 4.78 is 0.304. The molecule has 0 aromatic carbocycles. The number of rotatable bonds is 1. The maximum atomic E-state index is 11.4. The highest BCUT2D eigenvalue weighted by Gasteiger charge is 2.24. The number of nitrogens with two attached hydrogens (primary N) is 1. The van der Waals surface area contributed by atoms with Crippen LogP contribution in [0.15, 0.2) is 5.38 Å². The molecule has 1 heterocycles. The molecule has 0 fully saturated rings. The first-order chi connectivity index (χ1) is 6.99. The molecule has 0 saturated carbocycles. The number of urea groups is 1. The molecule has 0 radical (unpaired) electrons. The summed E-state index contributed by atoms with van der Waals surface area (Å²) in [6, 6.07) is -0.565. The van der Waals surface area contributed by atoms with Crippen molar-refractivity contribution < 1.29 is 4.79 Å². The minimum atomic E-state index is -0.565. The van der Waals surface area contributed by atoms with Crippen LogP contribution >= 0.6 is 34.5 Å². The van der Waals surface area contributed by atoms with Gasteiger partial charge in [-0.3, -0.25) is 5.41 Å². The van der Waals surface area contributed by atoms with Gasteiger partial charge in [-0.1, -0.05) is 23.2 Å². The summed E-state index contributed by atoms with van der Waals surface area (Å²) in [5, 5.41) is 11.5. The molecule has 1 rings (SSSR count). The van der Waals surface area contributed by atoms with Crippen LogP contribution in [0.4, 0.5) is 10.5 Å². The van der Waals surface area contributed by atoms with Crippen molar-refractivity contribution in [3.63, 3.8) is 0 Å². The lowest BCUT2D eigenvalue weighted by Crippen LogP contribution is -2.46. The third-order valence-corrected chi connectivity index (χ3v) is 3.18. The number of amides is 2. The van der Waals surface area contributed by atoms with E-state index < -0.39 is 12.0 Å². The lowest BCUT2D eigenvalue weighted by molar-refractivity contribution is 0.251. The van der Waals surface area contributed by atoms with E-state index >= 15 is 0 Å². The van der Waals surface area contributed by atoms with Crippen molar-refractivity contribution in [1.29, 1.82) is 5.41 Å². The van der Waals surface area contributed by atoms with Crippen LogP contribution in [0, 0.1) is 5.41 Å². The lowest BCUT2D eigenvalue weighted by Gasteiger charge is -2.19. The van der Waals surface area contributed by atoms with Crippen molar-refractivity contribution >= 4 is 52.2 Å². The molecule has 0 spiro atoms. The van der Waals surface area contributed by atoms with E-state index in [0.717, 1.165) is 16.2 Å². The van der Waals surface area contributed by atoms with Crippen LogP contribution in [-0.2, 0) is 0 Å². The van der Waals surface area contributed by atoms with Crippen LogP contribution in [0.3, 0.4) is 0 Å². The van der Waals surface area contributed by atoms with Crippen LogP contribution in [0.25, 0.3) is 0 Å². The third-order valence-electron chi connectivity index (χ3n) is 1.56. The number of halogens is 2. The number of nitrogens with zero attached hydrogens (tertiary/aromatic N) is 1. The van der Waals surface area contributed by atoms with E-state index in [-0.39, 0.29) is 10.7 Å². The molecule has 82 valence electrons. The van der Waals surface area contributed by atoms with Crippen molar-refractivity contribution in [1.82, 2.24) is 5.32 Å². The average molecular weight is 267 g/mol. The molecule has 0 unspecified atom stereocenters. The Morgan fingerprint density at radius 3 is 2.60 bits per heavy atom. The molecule has 15 heavy (non-hydrogen) atoms. The molecule has 0 saturated heterocycles. The number of hydrogen-bond donors (Lipinski definition) is 3. The van der Waals surface area contributed by atoms with Crippen molar-refractivity contribution in [3.8, 4) is 0 Å². The largest absolute Gasteiger partial charge is 0.369 e. The van der Waals surface area contributed by atoms with Crippen LogP contribution in [0.5, 0.6) is 0 Å². The molecule has 1 aromatic rings. The lowest BCUT2D eigenvalue weighted by atomic mass is 10.4. The normalized spacial score (nSPS) is 9.80. The second-order valence-corrected chi connectivity index (χ2v) is 4.37. The van der Waals surface area contributed by atoms with Crippen molar-refractivity contribution in [2.24, 2.45) is 5.73 Å². The number of hydrogen-bond acceptors (Lipinski definition) is 3. The third kappa shape index (κ3) is 2.34. The van der Waals surface area contributed by atoms with Gasteiger partial charge in [0.1, 0.15) is 10.0 Å². The second kappa shape index (κ2) is 4.69. The van der Waals surface area contributed by atoms with Gasteiger partial charge in [0, 0.05) is 12.4 Å². The van der Waals surface area contributed by atoms with Gasteiger partial charge in [0.2, 0.25) is 5.96 Å². The van der Waals surface area contributed by atoms with Crippen LogP contribution in [-0.4, -0.2) is 19.0 Å². The van der Waals surface area contributed by atoms with E-state index in [1.807, 2.05) is 0 Å². The molecule has 0 aliphatic heterocycles. The van der Waals surface area contributed by atoms with Gasteiger partial charge in [0.15, 0.2) is 0 Å². The average Bonchev–Trinajstić information content (AvgIpc) is 2.49. The van der Waals surface area contributed by atoms with E-state index in [1.165, 1.54) is 7.05 Å². The summed E-state index contributed by atoms with van der Waals surface area (Å²) in [6.07, 6.45) is 0. The van der Waals surface area contributed by atoms with Crippen molar-refractivity contribution in [2.75, 3.05) is 11.9 Å². The molecule has 4 N–H and O–H groups in total. The Morgan fingerprint density at radius 2 is 2.27 bits per heavy atom. The minimum Gasteiger partial charge on any atom is -0.369 e. The van der Waals surface area contributed by atoms with Gasteiger partial charge in [0.05, 0.1) is 5.02 Å². The summed E-state index contributed by atoms with van der Waals surface area (Å²) in [5.74, 6) is -0.448. The number of thiophene rings is 1. The first-order valence-electron chi connectivity index (χ1n) is 3.77. The minimum absolute atomic E-state index is 0.232. The van der Waals surface area contributed by atoms with E-state index in [1.54, 1.807) is 5.38 Å². The first-order valence-corrected chi connectivity index (χ1v) is 5.41. The molecular formula is C7H8Cl2N4OS. The standard InChI is InChI=1S/C7H8Cl2N4OS/c1-12-7(14)13(6(10)11)4-3(8)2-15-5(4)9/h2H,1H3,(H3,10,11)(H,12,14). The monoisotopic (exact) mass is 266 g/mol. The first kappa shape index (κ1) is 12.1. The summed E-state index contributed by atoms with van der Waals surface area (Å²) in [7, 11) is 1.42. The van der Waals surface area contributed by atoms with Crippen molar-refractivity contribution in [3.05, 3.63) is 14.7 Å². The number of guanidine groups is 1. The summed E-state index contributed by atoms with van der Waals surface area (Å²) >= 11 is 12.8. The zero-order chi connectivity index (χ0) is 11.6. The highest BCUT2D eigenvalue weighted by atomic mass is 35.5. The maximum Gasteiger partial charge on any atom is 0.328 e. The Morgan fingerprint density at radius 1 is 1.67 bits per heavy atom. The Kier molecular flexibility index (Phi) is 3.78. The molecule has 1 aromatic heterocycles. The molecular weight excluding hydrogens is 259 g/mol. The summed E-state index contributed by atoms with van der Waals surface area (Å²) in [4.78, 5) is 12.3. The van der Waals surface area contributed by atoms with E-state index in [9.17, 15) is 4.79 Å². The Labute approximate surface area is 100 Å². The van der Waals surface area contributed by atoms with Crippen molar-refractivity contribution in [2.45, 2.75) is 0 Å². The van der Waals surface area contributed by atoms with Gasteiger partial charge < -0.3 is 11.1 Å². The zero-order valence-electron chi connectivity index (χ0n) is 7.67. The molecule has 0 atom stereocenters. The molecule has 8 heteroatoms. The Bertz CT molecular complexity index is 386. The Hall–Kier alpha value is -0.980. The predicted molar refractivity (Wildman–Crippen MR) is 63.2 cm³/mol. The predicted octanol–water partition coefficient (Wildman–Crippen LogP) is 2.09. The fourth-order valence-corrected chi connectivity index (χ4v) is 2.32. The maximum absolute atomic E-state index is 11.4. The van der Waals surface area contributed by atoms with Gasteiger partial charge in [-0.2, -0.15) is 0 Å². The quantitative estimate of drug-likeness (QED) is 0.538. The highest BCUT2D eigenvalue weighted by molar-refractivity contribution is 7.15. The molecule has 2 amide bonds. The number of carbonyl (C=O) groups is 1. The Balaban J connectivity index is 3.21. The van der Waals surface area contributed by atoms with Gasteiger partial charge in [0.25, 0.3) is 0 Å². The van der Waals surface area contributed by atoms with E-state index in [0.29, 0.717) is 4.34 Å². The van der Waals surface area contributed by atoms with E-state index in [2.05, 4.69) is 5.32 Å². The number of carbonyl (C=O) groups excluding carboxylic acids is 1. The van der Waals surface area contributed by atoms with Gasteiger partial charge >= 0.3 is 6.03 Å².